The molecular weight excluding hydrogens is 242 g/mol. The topological polar surface area (TPSA) is 36.4 Å². The Bertz CT molecular complexity index is 401. The highest BCUT2D eigenvalue weighted by atomic mass is 32.1. The quantitative estimate of drug-likeness (QED) is 0.498. The molecule has 2 rings (SSSR count). The van der Waals surface area contributed by atoms with E-state index in [9.17, 15) is 0 Å². The summed E-state index contributed by atoms with van der Waals surface area (Å²) >= 11 is 1.81. The minimum Gasteiger partial charge on any atom is -0.356 e. The van der Waals surface area contributed by atoms with Gasteiger partial charge in [-0.3, -0.25) is 4.99 Å². The zero-order valence-electron chi connectivity index (χ0n) is 11.0. The first kappa shape index (κ1) is 13.1. The van der Waals surface area contributed by atoms with Gasteiger partial charge < -0.3 is 10.6 Å². The largest absolute Gasteiger partial charge is 0.356 e. The number of nitrogens with one attached hydrogen (secondary N) is 2. The molecule has 0 fully saturated rings. The Hall–Kier alpha value is -1.29. The molecule has 1 unspecified atom stereocenters. The second-order valence-corrected chi connectivity index (χ2v) is 5.63. The van der Waals surface area contributed by atoms with Crippen LogP contribution in [0.5, 0.6) is 0 Å². The van der Waals surface area contributed by atoms with Crippen molar-refractivity contribution in [1.29, 1.82) is 0 Å². The van der Waals surface area contributed by atoms with Gasteiger partial charge in [0.1, 0.15) is 0 Å². The first-order valence-electron chi connectivity index (χ1n) is 6.45. The van der Waals surface area contributed by atoms with Crippen LogP contribution in [0.2, 0.25) is 0 Å². The Labute approximate surface area is 113 Å². The van der Waals surface area contributed by atoms with Crippen molar-refractivity contribution in [3.8, 4) is 0 Å². The number of hydrogen-bond acceptors (Lipinski definition) is 2. The Morgan fingerprint density at radius 1 is 1.50 bits per heavy atom. The van der Waals surface area contributed by atoms with Gasteiger partial charge in [-0.2, -0.15) is 0 Å². The van der Waals surface area contributed by atoms with Gasteiger partial charge in [0, 0.05) is 30.4 Å². The standard InChI is InChI=1S/C14H21N3S/c1-11(13-8-5-9-18-13)10-16-14(15-2)17-12-6-3-4-7-12/h3-5,8-9,11-12H,6-7,10H2,1-2H3,(H2,15,16,17). The van der Waals surface area contributed by atoms with Crippen LogP contribution in [0.3, 0.4) is 0 Å². The number of thiophene rings is 1. The molecule has 98 valence electrons. The molecule has 1 atom stereocenters. The molecule has 1 heterocycles. The minimum atomic E-state index is 0.508. The summed E-state index contributed by atoms with van der Waals surface area (Å²) in [5, 5.41) is 8.98. The van der Waals surface area contributed by atoms with Crippen molar-refractivity contribution in [2.45, 2.75) is 31.7 Å². The van der Waals surface area contributed by atoms with Crippen LogP contribution < -0.4 is 10.6 Å². The second-order valence-electron chi connectivity index (χ2n) is 4.65. The van der Waals surface area contributed by atoms with Crippen LogP contribution in [0.1, 0.15) is 30.6 Å². The van der Waals surface area contributed by atoms with Crippen LogP contribution in [0.4, 0.5) is 0 Å². The molecule has 18 heavy (non-hydrogen) atoms. The first-order chi connectivity index (χ1) is 8.79. The van der Waals surface area contributed by atoms with Crippen molar-refractivity contribution in [3.05, 3.63) is 34.5 Å². The van der Waals surface area contributed by atoms with Gasteiger partial charge in [-0.15, -0.1) is 11.3 Å². The van der Waals surface area contributed by atoms with Gasteiger partial charge in [0.25, 0.3) is 0 Å². The maximum atomic E-state index is 4.27. The molecule has 1 aromatic heterocycles. The molecule has 0 radical (unpaired) electrons. The molecule has 0 spiro atoms. The van der Waals surface area contributed by atoms with Crippen LogP contribution in [-0.2, 0) is 0 Å². The van der Waals surface area contributed by atoms with Gasteiger partial charge in [0.15, 0.2) is 5.96 Å². The summed E-state index contributed by atoms with van der Waals surface area (Å²) in [6.07, 6.45) is 6.64. The average Bonchev–Trinajstić information content (AvgIpc) is 3.06. The maximum Gasteiger partial charge on any atom is 0.191 e. The van der Waals surface area contributed by atoms with E-state index in [1.807, 2.05) is 18.4 Å². The normalized spacial score (nSPS) is 18.0. The summed E-state index contributed by atoms with van der Waals surface area (Å²) in [4.78, 5) is 5.69. The SMILES string of the molecule is CN=C(NCC(C)c1cccs1)NC1CC=CC1. The van der Waals surface area contributed by atoms with E-state index in [0.717, 1.165) is 25.3 Å². The average molecular weight is 263 g/mol. The summed E-state index contributed by atoms with van der Waals surface area (Å²) in [6.45, 7) is 3.16. The molecule has 1 aromatic rings. The fourth-order valence-electron chi connectivity index (χ4n) is 2.05. The van der Waals surface area contributed by atoms with Gasteiger partial charge in [0.2, 0.25) is 0 Å². The van der Waals surface area contributed by atoms with Crippen LogP contribution >= 0.6 is 11.3 Å². The molecule has 0 saturated heterocycles. The fourth-order valence-corrected chi connectivity index (χ4v) is 2.83. The number of guanidine groups is 1. The first-order valence-corrected chi connectivity index (χ1v) is 7.33. The zero-order chi connectivity index (χ0) is 12.8. The van der Waals surface area contributed by atoms with Crippen LogP contribution in [0.15, 0.2) is 34.7 Å². The molecule has 2 N–H and O–H groups in total. The third kappa shape index (κ3) is 3.60. The van der Waals surface area contributed by atoms with Crippen LogP contribution in [0, 0.1) is 0 Å². The van der Waals surface area contributed by atoms with Gasteiger partial charge in [0.05, 0.1) is 0 Å². The van der Waals surface area contributed by atoms with Crippen molar-refractivity contribution in [2.24, 2.45) is 4.99 Å². The van der Waals surface area contributed by atoms with Crippen LogP contribution in [0.25, 0.3) is 0 Å². The summed E-state index contributed by atoms with van der Waals surface area (Å²) in [5.41, 5.74) is 0. The second kappa shape index (κ2) is 6.59. The third-order valence-electron chi connectivity index (χ3n) is 3.18. The molecule has 1 aliphatic carbocycles. The molecule has 1 aliphatic rings. The number of rotatable bonds is 4. The molecule has 0 amide bonds. The Kier molecular flexibility index (Phi) is 4.81. The van der Waals surface area contributed by atoms with E-state index in [2.05, 4.69) is 52.2 Å². The van der Waals surface area contributed by atoms with Gasteiger partial charge in [-0.05, 0) is 24.3 Å². The van der Waals surface area contributed by atoms with Crippen molar-refractivity contribution >= 4 is 17.3 Å². The number of nitrogens with zero attached hydrogens (tertiary/aromatic N) is 1. The Morgan fingerprint density at radius 2 is 2.28 bits per heavy atom. The van der Waals surface area contributed by atoms with E-state index in [-0.39, 0.29) is 0 Å². The highest BCUT2D eigenvalue weighted by molar-refractivity contribution is 7.10. The summed E-state index contributed by atoms with van der Waals surface area (Å²) in [6, 6.07) is 4.80. The monoisotopic (exact) mass is 263 g/mol. The van der Waals surface area contributed by atoms with Crippen molar-refractivity contribution in [3.63, 3.8) is 0 Å². The third-order valence-corrected chi connectivity index (χ3v) is 4.28. The smallest absolute Gasteiger partial charge is 0.191 e. The van der Waals surface area contributed by atoms with E-state index in [4.69, 9.17) is 0 Å². The van der Waals surface area contributed by atoms with Gasteiger partial charge >= 0.3 is 0 Å². The Balaban J connectivity index is 1.77. The lowest BCUT2D eigenvalue weighted by Crippen LogP contribution is -2.43. The van der Waals surface area contributed by atoms with E-state index < -0.39 is 0 Å². The van der Waals surface area contributed by atoms with E-state index in [1.165, 1.54) is 4.88 Å². The van der Waals surface area contributed by atoms with Crippen molar-refractivity contribution in [1.82, 2.24) is 10.6 Å². The molecule has 3 nitrogen and oxygen atoms in total. The van der Waals surface area contributed by atoms with Crippen molar-refractivity contribution in [2.75, 3.05) is 13.6 Å². The molecule has 0 aliphatic heterocycles. The fraction of sp³-hybridized carbons (Fsp3) is 0.500. The predicted octanol–water partition coefficient (Wildman–Crippen LogP) is 2.74. The maximum absolute atomic E-state index is 4.27. The highest BCUT2D eigenvalue weighted by Gasteiger charge is 2.12. The summed E-state index contributed by atoms with van der Waals surface area (Å²) < 4.78 is 0. The van der Waals surface area contributed by atoms with E-state index >= 15 is 0 Å². The zero-order valence-corrected chi connectivity index (χ0v) is 11.8. The predicted molar refractivity (Wildman–Crippen MR) is 79.4 cm³/mol. The van der Waals surface area contributed by atoms with E-state index in [1.54, 1.807) is 0 Å². The highest BCUT2D eigenvalue weighted by Crippen LogP contribution is 2.19. The van der Waals surface area contributed by atoms with Crippen LogP contribution in [-0.4, -0.2) is 25.6 Å². The Morgan fingerprint density at radius 3 is 2.89 bits per heavy atom. The summed E-state index contributed by atoms with van der Waals surface area (Å²) in [5.74, 6) is 1.43. The minimum absolute atomic E-state index is 0.508. The van der Waals surface area contributed by atoms with E-state index in [0.29, 0.717) is 12.0 Å². The number of aliphatic imine (C=N–C) groups is 1. The molecule has 0 saturated carbocycles. The van der Waals surface area contributed by atoms with Crippen molar-refractivity contribution < 1.29 is 0 Å². The van der Waals surface area contributed by atoms with Gasteiger partial charge in [-0.25, -0.2) is 0 Å². The lowest BCUT2D eigenvalue weighted by atomic mass is 10.1. The lowest BCUT2D eigenvalue weighted by Gasteiger charge is -2.18. The summed E-state index contributed by atoms with van der Waals surface area (Å²) in [7, 11) is 1.83. The lowest BCUT2D eigenvalue weighted by molar-refractivity contribution is 0.623. The molecule has 0 bridgehead atoms. The van der Waals surface area contributed by atoms with Gasteiger partial charge in [-0.1, -0.05) is 25.1 Å². The molecule has 4 heteroatoms. The molecular formula is C14H21N3S. The molecule has 0 aromatic carbocycles. The number of hydrogen-bond donors (Lipinski definition) is 2.